The summed E-state index contributed by atoms with van der Waals surface area (Å²) in [6.07, 6.45) is -1.10. The Hall–Kier alpha value is -2.82. The molecule has 0 saturated heterocycles. The van der Waals surface area contributed by atoms with Crippen LogP contribution in [0.2, 0.25) is 23.2 Å². The van der Waals surface area contributed by atoms with Crippen LogP contribution in [0.4, 0.5) is 0 Å². The number of carbonyl (C=O) groups excluding carboxylic acids is 1. The van der Waals surface area contributed by atoms with Gasteiger partial charge in [0.25, 0.3) is 8.32 Å². The molecule has 7 heteroatoms. The number of hydrogen-bond donors (Lipinski definition) is 1. The van der Waals surface area contributed by atoms with Gasteiger partial charge in [-0.1, -0.05) is 126 Å². The SMILES string of the molecule is C=C[C@@H](O[Si](C)(C)C(C)(C)C)[C@H](O)[C@@H](COC(=O)c1ccccc1)O[Si](c1ccccc1)(c1ccccc1)C(C)(C)C. The third kappa shape index (κ3) is 7.57. The number of benzene rings is 3. The smallest absolute Gasteiger partial charge is 0.338 e. The maximum Gasteiger partial charge on any atom is 0.338 e. The minimum atomic E-state index is -3.11. The zero-order chi connectivity index (χ0) is 31.2. The van der Waals surface area contributed by atoms with Gasteiger partial charge in [-0.25, -0.2) is 4.79 Å². The topological polar surface area (TPSA) is 65.0 Å². The summed E-state index contributed by atoms with van der Waals surface area (Å²) in [6.45, 7) is 21.2. The molecule has 0 aliphatic carbocycles. The molecule has 0 heterocycles. The molecule has 3 aromatic rings. The largest absolute Gasteiger partial charge is 0.459 e. The summed E-state index contributed by atoms with van der Waals surface area (Å²) in [5.41, 5.74) is 0.439. The zero-order valence-corrected chi connectivity index (χ0v) is 28.5. The first-order valence-electron chi connectivity index (χ1n) is 14.6. The first-order valence-corrected chi connectivity index (χ1v) is 19.4. The molecule has 0 radical (unpaired) electrons. The van der Waals surface area contributed by atoms with Gasteiger partial charge in [0.15, 0.2) is 8.32 Å². The summed E-state index contributed by atoms with van der Waals surface area (Å²) < 4.78 is 19.8. The van der Waals surface area contributed by atoms with Crippen LogP contribution in [0.5, 0.6) is 0 Å². The normalized spacial score (nSPS) is 15.0. The number of aliphatic hydroxyl groups is 1. The van der Waals surface area contributed by atoms with Gasteiger partial charge in [-0.15, -0.1) is 6.58 Å². The Morgan fingerprint density at radius 1 is 0.786 bits per heavy atom. The van der Waals surface area contributed by atoms with E-state index in [1.165, 1.54) is 0 Å². The molecule has 0 fully saturated rings. The Morgan fingerprint density at radius 3 is 1.64 bits per heavy atom. The van der Waals surface area contributed by atoms with Crippen LogP contribution in [0, 0.1) is 0 Å². The average molecular weight is 605 g/mol. The molecule has 0 aliphatic rings. The van der Waals surface area contributed by atoms with Crippen molar-refractivity contribution in [1.29, 1.82) is 0 Å². The fourth-order valence-corrected chi connectivity index (χ4v) is 10.9. The molecule has 226 valence electrons. The first-order chi connectivity index (χ1) is 19.6. The molecule has 3 atom stereocenters. The molecule has 0 amide bonds. The maximum absolute atomic E-state index is 13.1. The van der Waals surface area contributed by atoms with E-state index < -0.39 is 40.9 Å². The summed E-state index contributed by atoms with van der Waals surface area (Å²) in [6, 6.07) is 29.3. The lowest BCUT2D eigenvalue weighted by Gasteiger charge is -2.47. The quantitative estimate of drug-likeness (QED) is 0.141. The van der Waals surface area contributed by atoms with E-state index in [0.717, 1.165) is 10.4 Å². The van der Waals surface area contributed by atoms with Gasteiger partial charge in [-0.05, 0) is 45.7 Å². The van der Waals surface area contributed by atoms with Crippen molar-refractivity contribution in [2.24, 2.45) is 0 Å². The van der Waals surface area contributed by atoms with Crippen LogP contribution in [-0.4, -0.2) is 52.6 Å². The van der Waals surface area contributed by atoms with Crippen molar-refractivity contribution in [3.63, 3.8) is 0 Å². The fourth-order valence-electron chi connectivity index (χ4n) is 4.92. The molecule has 5 nitrogen and oxygen atoms in total. The number of esters is 1. The van der Waals surface area contributed by atoms with Gasteiger partial charge in [-0.3, -0.25) is 0 Å². The van der Waals surface area contributed by atoms with Crippen molar-refractivity contribution in [2.45, 2.75) is 83.0 Å². The Morgan fingerprint density at radius 2 is 1.24 bits per heavy atom. The van der Waals surface area contributed by atoms with Crippen LogP contribution in [0.25, 0.3) is 0 Å². The van der Waals surface area contributed by atoms with Crippen molar-refractivity contribution in [3.05, 3.63) is 109 Å². The van der Waals surface area contributed by atoms with Crippen molar-refractivity contribution < 1.29 is 23.5 Å². The number of ether oxygens (including phenoxy) is 1. The molecule has 0 saturated carbocycles. The van der Waals surface area contributed by atoms with E-state index in [0.29, 0.717) is 5.56 Å². The molecule has 0 aromatic heterocycles. The van der Waals surface area contributed by atoms with E-state index in [9.17, 15) is 9.90 Å². The number of hydrogen-bond acceptors (Lipinski definition) is 5. The lowest BCUT2D eigenvalue weighted by atomic mass is 10.1. The Kier molecular flexibility index (Phi) is 10.9. The van der Waals surface area contributed by atoms with E-state index in [-0.39, 0.29) is 16.7 Å². The van der Waals surface area contributed by atoms with E-state index in [4.69, 9.17) is 13.6 Å². The summed E-state index contributed by atoms with van der Waals surface area (Å²) in [7, 11) is -5.41. The minimum Gasteiger partial charge on any atom is -0.459 e. The van der Waals surface area contributed by atoms with Crippen LogP contribution < -0.4 is 10.4 Å². The van der Waals surface area contributed by atoms with Crippen molar-refractivity contribution in [2.75, 3.05) is 6.61 Å². The van der Waals surface area contributed by atoms with E-state index >= 15 is 0 Å². The van der Waals surface area contributed by atoms with Gasteiger partial charge in [-0.2, -0.15) is 0 Å². The van der Waals surface area contributed by atoms with E-state index in [2.05, 4.69) is 85.5 Å². The van der Waals surface area contributed by atoms with Gasteiger partial charge < -0.3 is 18.7 Å². The highest BCUT2D eigenvalue weighted by atomic mass is 28.4. The average Bonchev–Trinajstić information content (AvgIpc) is 2.95. The van der Waals surface area contributed by atoms with Gasteiger partial charge in [0, 0.05) is 0 Å². The van der Waals surface area contributed by atoms with Crippen LogP contribution in [-0.2, 0) is 13.6 Å². The molecular formula is C35H48O5Si2. The van der Waals surface area contributed by atoms with Crippen LogP contribution in [0.3, 0.4) is 0 Å². The lowest BCUT2D eigenvalue weighted by molar-refractivity contribution is -0.0552. The molecule has 0 spiro atoms. The highest BCUT2D eigenvalue weighted by molar-refractivity contribution is 6.99. The van der Waals surface area contributed by atoms with E-state index in [1.54, 1.807) is 30.3 Å². The van der Waals surface area contributed by atoms with Crippen molar-refractivity contribution >= 4 is 33.0 Å². The summed E-state index contributed by atoms with van der Waals surface area (Å²) in [4.78, 5) is 13.1. The van der Waals surface area contributed by atoms with Crippen molar-refractivity contribution in [1.82, 2.24) is 0 Å². The van der Waals surface area contributed by atoms with Gasteiger partial charge in [0.2, 0.25) is 0 Å². The van der Waals surface area contributed by atoms with Gasteiger partial charge in [0.1, 0.15) is 18.8 Å². The second-order valence-electron chi connectivity index (χ2n) is 13.4. The third-order valence-corrected chi connectivity index (χ3v) is 17.9. The van der Waals surface area contributed by atoms with Crippen LogP contribution in [0.15, 0.2) is 104 Å². The number of carbonyl (C=O) groups is 1. The van der Waals surface area contributed by atoms with Gasteiger partial charge in [0.05, 0.1) is 11.7 Å². The molecule has 1 N–H and O–H groups in total. The molecule has 0 unspecified atom stereocenters. The Bertz CT molecular complexity index is 1240. The molecule has 0 bridgehead atoms. The highest BCUT2D eigenvalue weighted by Crippen LogP contribution is 2.40. The van der Waals surface area contributed by atoms with Gasteiger partial charge >= 0.3 is 5.97 Å². The molecular weight excluding hydrogens is 557 g/mol. The Labute approximate surface area is 254 Å². The lowest BCUT2D eigenvalue weighted by Crippen LogP contribution is -2.69. The zero-order valence-electron chi connectivity index (χ0n) is 26.5. The highest BCUT2D eigenvalue weighted by Gasteiger charge is 2.53. The fraction of sp³-hybridized carbons (Fsp3) is 0.400. The maximum atomic E-state index is 13.1. The predicted molar refractivity (Wildman–Crippen MR) is 177 cm³/mol. The standard InChI is InChI=1S/C35H48O5Si2/c1-10-30(39-41(8,9)34(2,3)4)32(36)31(26-38-33(37)27-20-14-11-15-21-27)40-42(35(5,6)7,28-22-16-12-17-23-28)29-24-18-13-19-25-29/h10-25,30-32,36H,1,26H2,2-9H3/t30-,31-,32+/m1/s1. The number of rotatable bonds is 12. The third-order valence-electron chi connectivity index (χ3n) is 8.32. The second-order valence-corrected chi connectivity index (χ2v) is 22.4. The monoisotopic (exact) mass is 604 g/mol. The molecule has 3 rings (SSSR count). The predicted octanol–water partition coefficient (Wildman–Crippen LogP) is 6.73. The minimum absolute atomic E-state index is 0.0812. The molecule has 3 aromatic carbocycles. The van der Waals surface area contributed by atoms with Crippen LogP contribution in [0.1, 0.15) is 51.9 Å². The van der Waals surface area contributed by atoms with Crippen LogP contribution >= 0.6 is 0 Å². The van der Waals surface area contributed by atoms with Crippen molar-refractivity contribution in [3.8, 4) is 0 Å². The molecule has 0 aliphatic heterocycles. The summed E-state index contributed by atoms with van der Waals surface area (Å²) in [5.74, 6) is -0.473. The second kappa shape index (κ2) is 13.7. The summed E-state index contributed by atoms with van der Waals surface area (Å²) in [5, 5.41) is 13.7. The number of aliphatic hydroxyl groups excluding tert-OH is 1. The summed E-state index contributed by atoms with van der Waals surface area (Å²) >= 11 is 0. The first kappa shape index (κ1) is 33.7. The van der Waals surface area contributed by atoms with E-state index in [1.807, 2.05) is 42.5 Å². The Balaban J connectivity index is 2.13. The molecule has 42 heavy (non-hydrogen) atoms.